The van der Waals surface area contributed by atoms with Crippen molar-refractivity contribution in [2.45, 2.75) is 0 Å². The first-order valence-corrected chi connectivity index (χ1v) is 8.27. The molecular weight excluding hydrogens is 365 g/mol. The Kier molecular flexibility index (Phi) is 5.00. The third kappa shape index (κ3) is 4.49. The molecule has 0 saturated carbocycles. The average Bonchev–Trinajstić information content (AvgIpc) is 2.43. The average molecular weight is 376 g/mol. The molecule has 0 atom stereocenters. The molecule has 0 radical (unpaired) electrons. The van der Waals surface area contributed by atoms with Gasteiger partial charge in [-0.15, -0.1) is 0 Å². The standard InChI is InChI=1S/C13H11Cl2N3O4S/c14-11-6-3-9(7-12(11)15)18(13(16)19)8-1-4-10(5-2-8)22-23(17,20)21/h1-7H,(H2,16,19)(H2,17,20,21). The van der Waals surface area contributed by atoms with Crippen LogP contribution in [-0.4, -0.2) is 14.4 Å². The Morgan fingerprint density at radius 2 is 1.57 bits per heavy atom. The number of anilines is 2. The molecule has 0 fully saturated rings. The molecule has 23 heavy (non-hydrogen) atoms. The SMILES string of the molecule is NC(=O)N(c1ccc(OS(N)(=O)=O)cc1)c1ccc(Cl)c(Cl)c1. The summed E-state index contributed by atoms with van der Waals surface area (Å²) < 4.78 is 26.2. The molecule has 2 rings (SSSR count). The number of carbonyl (C=O) groups excluding carboxylic acids is 1. The topological polar surface area (TPSA) is 116 Å². The van der Waals surface area contributed by atoms with E-state index in [9.17, 15) is 13.2 Å². The first-order chi connectivity index (χ1) is 10.7. The van der Waals surface area contributed by atoms with Gasteiger partial charge in [0.1, 0.15) is 5.75 Å². The molecule has 0 aliphatic carbocycles. The second kappa shape index (κ2) is 6.63. The van der Waals surface area contributed by atoms with E-state index in [0.29, 0.717) is 16.4 Å². The summed E-state index contributed by atoms with van der Waals surface area (Å²) in [6.45, 7) is 0. The van der Waals surface area contributed by atoms with Crippen LogP contribution in [0.5, 0.6) is 5.75 Å². The van der Waals surface area contributed by atoms with Crippen molar-refractivity contribution < 1.29 is 17.4 Å². The van der Waals surface area contributed by atoms with Crippen molar-refractivity contribution in [2.75, 3.05) is 4.90 Å². The van der Waals surface area contributed by atoms with Crippen LogP contribution in [0, 0.1) is 0 Å². The number of carbonyl (C=O) groups is 1. The Bertz CT molecular complexity index is 841. The fraction of sp³-hybridized carbons (Fsp3) is 0. The van der Waals surface area contributed by atoms with Gasteiger partial charge in [0.25, 0.3) is 0 Å². The van der Waals surface area contributed by atoms with E-state index in [1.54, 1.807) is 6.07 Å². The predicted octanol–water partition coefficient (Wildman–Crippen LogP) is 2.79. The number of nitrogens with two attached hydrogens (primary N) is 2. The van der Waals surface area contributed by atoms with Crippen LogP contribution in [0.1, 0.15) is 0 Å². The lowest BCUT2D eigenvalue weighted by molar-refractivity contribution is 0.256. The summed E-state index contributed by atoms with van der Waals surface area (Å²) >= 11 is 11.8. The van der Waals surface area contributed by atoms with Gasteiger partial charge in [0.2, 0.25) is 0 Å². The molecule has 4 N–H and O–H groups in total. The quantitative estimate of drug-likeness (QED) is 0.854. The lowest BCUT2D eigenvalue weighted by Gasteiger charge is -2.21. The van der Waals surface area contributed by atoms with E-state index >= 15 is 0 Å². The third-order valence-electron chi connectivity index (χ3n) is 2.69. The summed E-state index contributed by atoms with van der Waals surface area (Å²) in [6, 6.07) is 9.33. The van der Waals surface area contributed by atoms with E-state index in [-0.39, 0.29) is 10.8 Å². The summed E-state index contributed by atoms with van der Waals surface area (Å²) in [5, 5.41) is 5.36. The van der Waals surface area contributed by atoms with Gasteiger partial charge in [0.15, 0.2) is 0 Å². The largest absolute Gasteiger partial charge is 0.380 e. The second-order valence-electron chi connectivity index (χ2n) is 4.34. The molecular formula is C13H11Cl2N3O4S. The Morgan fingerprint density at radius 3 is 2.04 bits per heavy atom. The van der Waals surface area contributed by atoms with Gasteiger partial charge in [-0.1, -0.05) is 23.2 Å². The van der Waals surface area contributed by atoms with Crippen LogP contribution in [0.25, 0.3) is 0 Å². The Balaban J connectivity index is 2.38. The molecule has 0 heterocycles. The third-order valence-corrected chi connectivity index (χ3v) is 3.85. The highest BCUT2D eigenvalue weighted by atomic mass is 35.5. The molecule has 2 aromatic carbocycles. The van der Waals surface area contributed by atoms with Gasteiger partial charge in [-0.2, -0.15) is 13.6 Å². The molecule has 2 aromatic rings. The lowest BCUT2D eigenvalue weighted by atomic mass is 10.2. The first-order valence-electron chi connectivity index (χ1n) is 6.04. The zero-order valence-electron chi connectivity index (χ0n) is 11.4. The van der Waals surface area contributed by atoms with E-state index in [0.717, 1.165) is 0 Å². The van der Waals surface area contributed by atoms with Gasteiger partial charge in [-0.05, 0) is 42.5 Å². The summed E-state index contributed by atoms with van der Waals surface area (Å²) in [6.07, 6.45) is 0. The molecule has 122 valence electrons. The highest BCUT2D eigenvalue weighted by Crippen LogP contribution is 2.32. The van der Waals surface area contributed by atoms with E-state index < -0.39 is 16.3 Å². The molecule has 2 amide bonds. The van der Waals surface area contributed by atoms with Gasteiger partial charge in [-0.3, -0.25) is 4.90 Å². The van der Waals surface area contributed by atoms with Gasteiger partial charge in [0.05, 0.1) is 21.4 Å². The molecule has 10 heteroatoms. The van der Waals surface area contributed by atoms with Crippen molar-refractivity contribution in [2.24, 2.45) is 10.9 Å². The van der Waals surface area contributed by atoms with Crippen LogP contribution in [-0.2, 0) is 10.3 Å². The Labute approximate surface area is 142 Å². The monoisotopic (exact) mass is 375 g/mol. The van der Waals surface area contributed by atoms with Gasteiger partial charge < -0.3 is 9.92 Å². The fourth-order valence-electron chi connectivity index (χ4n) is 1.81. The fourth-order valence-corrected chi connectivity index (χ4v) is 2.48. The van der Waals surface area contributed by atoms with Crippen LogP contribution in [0.2, 0.25) is 10.0 Å². The Hall–Kier alpha value is -2.00. The lowest BCUT2D eigenvalue weighted by Crippen LogP contribution is -2.31. The van der Waals surface area contributed by atoms with Crippen molar-refractivity contribution in [3.63, 3.8) is 0 Å². The second-order valence-corrected chi connectivity index (χ2v) is 6.31. The summed E-state index contributed by atoms with van der Waals surface area (Å²) in [5.41, 5.74) is 6.16. The molecule has 0 saturated heterocycles. The van der Waals surface area contributed by atoms with E-state index in [1.807, 2.05) is 0 Å². The molecule has 0 aliphatic rings. The molecule has 7 nitrogen and oxygen atoms in total. The van der Waals surface area contributed by atoms with Crippen molar-refractivity contribution in [1.82, 2.24) is 0 Å². The van der Waals surface area contributed by atoms with Gasteiger partial charge in [0, 0.05) is 0 Å². The van der Waals surface area contributed by atoms with Crippen molar-refractivity contribution in [3.8, 4) is 5.75 Å². The number of hydrogen-bond acceptors (Lipinski definition) is 4. The maximum absolute atomic E-state index is 11.7. The van der Waals surface area contributed by atoms with Crippen LogP contribution >= 0.6 is 23.2 Å². The molecule has 0 unspecified atom stereocenters. The summed E-state index contributed by atoms with van der Waals surface area (Å²) in [5.74, 6) is -0.00481. The predicted molar refractivity (Wildman–Crippen MR) is 88.4 cm³/mol. The smallest absolute Gasteiger partial charge is 0.371 e. The van der Waals surface area contributed by atoms with Crippen LogP contribution in [0.3, 0.4) is 0 Å². The van der Waals surface area contributed by atoms with Crippen molar-refractivity contribution >= 4 is 50.9 Å². The van der Waals surface area contributed by atoms with E-state index in [1.165, 1.54) is 41.3 Å². The van der Waals surface area contributed by atoms with Crippen LogP contribution in [0.15, 0.2) is 42.5 Å². The number of rotatable bonds is 4. The van der Waals surface area contributed by atoms with Crippen molar-refractivity contribution in [1.29, 1.82) is 0 Å². The maximum Gasteiger partial charge on any atom is 0.380 e. The minimum absolute atomic E-state index is 0.00481. The zero-order valence-corrected chi connectivity index (χ0v) is 13.8. The van der Waals surface area contributed by atoms with Crippen molar-refractivity contribution in [3.05, 3.63) is 52.5 Å². The number of amides is 2. The number of nitrogens with zero attached hydrogens (tertiary/aromatic N) is 1. The Morgan fingerprint density at radius 1 is 1.00 bits per heavy atom. The number of benzene rings is 2. The minimum atomic E-state index is -4.13. The van der Waals surface area contributed by atoms with Gasteiger partial charge >= 0.3 is 16.3 Å². The molecule has 0 aromatic heterocycles. The number of primary amides is 1. The molecule has 0 spiro atoms. The van der Waals surface area contributed by atoms with E-state index in [2.05, 4.69) is 4.18 Å². The van der Waals surface area contributed by atoms with Crippen LogP contribution < -0.4 is 20.0 Å². The highest BCUT2D eigenvalue weighted by Gasteiger charge is 2.16. The first kappa shape index (κ1) is 17.4. The normalized spacial score (nSPS) is 11.1. The zero-order chi connectivity index (χ0) is 17.2. The minimum Gasteiger partial charge on any atom is -0.371 e. The highest BCUT2D eigenvalue weighted by molar-refractivity contribution is 7.84. The summed E-state index contributed by atoms with van der Waals surface area (Å²) in [7, 11) is -4.13. The number of hydrogen-bond donors (Lipinski definition) is 2. The van der Waals surface area contributed by atoms with E-state index in [4.69, 9.17) is 34.1 Å². The summed E-state index contributed by atoms with van der Waals surface area (Å²) in [4.78, 5) is 12.9. The van der Waals surface area contributed by atoms with Crippen LogP contribution in [0.4, 0.5) is 16.2 Å². The maximum atomic E-state index is 11.7. The molecule has 0 aliphatic heterocycles. The number of urea groups is 1. The number of halogens is 2. The van der Waals surface area contributed by atoms with Gasteiger partial charge in [-0.25, -0.2) is 4.79 Å². The molecule has 0 bridgehead atoms.